The number of aliphatic imine (C=N–C) groups is 1. The number of anilines is 1. The number of benzene rings is 3. The minimum Gasteiger partial charge on any atom is -0.378 e. The molecule has 2 aliphatic heterocycles. The molecule has 0 spiro atoms. The lowest BCUT2D eigenvalue weighted by molar-refractivity contribution is -0.140. The molecule has 5 rings (SSSR count). The maximum absolute atomic E-state index is 13.5. The van der Waals surface area contributed by atoms with Gasteiger partial charge in [0.15, 0.2) is 10.8 Å². The largest absolute Gasteiger partial charge is 0.378 e. The maximum atomic E-state index is 13.5. The number of para-hydroxylation sites is 1. The number of fused-ring (bicyclic) bond motifs is 2. The Morgan fingerprint density at radius 2 is 1.76 bits per heavy atom. The summed E-state index contributed by atoms with van der Waals surface area (Å²) in [6.07, 6.45) is 0. The normalized spacial score (nSPS) is 23.6. The number of rotatable bonds is 3. The first-order chi connectivity index (χ1) is 14.0. The van der Waals surface area contributed by atoms with Crippen molar-refractivity contribution in [2.24, 2.45) is 10.7 Å². The monoisotopic (exact) mass is 403 g/mol. The Bertz CT molecular complexity index is 1200. The second-order valence-corrected chi connectivity index (χ2v) is 8.22. The second kappa shape index (κ2) is 6.43. The van der Waals surface area contributed by atoms with Crippen molar-refractivity contribution in [2.75, 3.05) is 4.90 Å². The van der Waals surface area contributed by atoms with Crippen LogP contribution < -0.4 is 10.6 Å². The van der Waals surface area contributed by atoms with Gasteiger partial charge in [-0.1, -0.05) is 72.4 Å². The number of carbonyl (C=O) groups is 2. The molecule has 2 heterocycles. The number of nitrogens with zero attached hydrogens (tertiary/aromatic N) is 2. The van der Waals surface area contributed by atoms with Crippen LogP contribution in [0.4, 0.5) is 5.69 Å². The Kier molecular flexibility index (Phi) is 3.97. The van der Waals surface area contributed by atoms with Crippen LogP contribution in [0.5, 0.6) is 0 Å². The number of amides is 2. The lowest BCUT2D eigenvalue weighted by Gasteiger charge is -2.27. The molecule has 0 aromatic heterocycles. The Balaban J connectivity index is 1.60. The van der Waals surface area contributed by atoms with Gasteiger partial charge >= 0.3 is 0 Å². The average molecular weight is 403 g/mol. The van der Waals surface area contributed by atoms with Gasteiger partial charge in [0.2, 0.25) is 0 Å². The van der Waals surface area contributed by atoms with Crippen molar-refractivity contribution in [3.05, 3.63) is 77.9 Å². The Morgan fingerprint density at radius 1 is 1.03 bits per heavy atom. The van der Waals surface area contributed by atoms with Gasteiger partial charge in [0.1, 0.15) is 5.25 Å². The number of amidine groups is 1. The smallest absolute Gasteiger partial charge is 0.265 e. The zero-order valence-electron chi connectivity index (χ0n) is 15.3. The highest BCUT2D eigenvalue weighted by atomic mass is 32.2. The molecule has 2 aliphatic rings. The van der Waals surface area contributed by atoms with Gasteiger partial charge < -0.3 is 15.7 Å². The van der Waals surface area contributed by atoms with E-state index in [1.165, 1.54) is 0 Å². The fourth-order valence-corrected chi connectivity index (χ4v) is 5.04. The van der Waals surface area contributed by atoms with Gasteiger partial charge in [0.05, 0.1) is 12.2 Å². The van der Waals surface area contributed by atoms with Gasteiger partial charge in [-0.05, 0) is 22.4 Å². The Labute approximate surface area is 171 Å². The SMILES string of the molecule is NC1=NC(=O)C(C2(O)C(=O)N(Cc3cccc4ccccc34)c3ccccc32)S1. The molecule has 144 valence electrons. The highest BCUT2D eigenvalue weighted by molar-refractivity contribution is 8.15. The van der Waals surface area contributed by atoms with Crippen LogP contribution >= 0.6 is 11.8 Å². The van der Waals surface area contributed by atoms with Crippen LogP contribution in [0.25, 0.3) is 10.8 Å². The third-order valence-corrected chi connectivity index (χ3v) is 6.56. The highest BCUT2D eigenvalue weighted by Gasteiger charge is 2.59. The maximum Gasteiger partial charge on any atom is 0.265 e. The van der Waals surface area contributed by atoms with E-state index >= 15 is 0 Å². The molecule has 29 heavy (non-hydrogen) atoms. The lowest BCUT2D eigenvalue weighted by atomic mass is 9.91. The van der Waals surface area contributed by atoms with Crippen molar-refractivity contribution in [1.82, 2.24) is 0 Å². The van der Waals surface area contributed by atoms with Crippen molar-refractivity contribution in [3.8, 4) is 0 Å². The summed E-state index contributed by atoms with van der Waals surface area (Å²) >= 11 is 0.929. The summed E-state index contributed by atoms with van der Waals surface area (Å²) < 4.78 is 0. The van der Waals surface area contributed by atoms with E-state index in [1.54, 1.807) is 23.1 Å². The van der Waals surface area contributed by atoms with Gasteiger partial charge in [-0.2, -0.15) is 4.99 Å². The van der Waals surface area contributed by atoms with Gasteiger partial charge in [-0.25, -0.2) is 0 Å². The van der Waals surface area contributed by atoms with E-state index in [-0.39, 0.29) is 11.7 Å². The minimum absolute atomic E-state index is 0.0613. The van der Waals surface area contributed by atoms with Crippen molar-refractivity contribution >= 4 is 45.2 Å². The second-order valence-electron chi connectivity index (χ2n) is 7.10. The molecule has 0 saturated carbocycles. The Morgan fingerprint density at radius 3 is 2.55 bits per heavy atom. The van der Waals surface area contributed by atoms with Gasteiger partial charge in [0, 0.05) is 5.56 Å². The zero-order chi connectivity index (χ0) is 20.2. The molecule has 3 aromatic carbocycles. The quantitative estimate of drug-likeness (QED) is 0.701. The zero-order valence-corrected chi connectivity index (χ0v) is 16.1. The molecule has 2 unspecified atom stereocenters. The molecule has 3 aromatic rings. The molecule has 6 nitrogen and oxygen atoms in total. The molecule has 2 amide bonds. The highest BCUT2D eigenvalue weighted by Crippen LogP contribution is 2.48. The van der Waals surface area contributed by atoms with Crippen molar-refractivity contribution in [1.29, 1.82) is 0 Å². The van der Waals surface area contributed by atoms with Crippen LogP contribution in [0.1, 0.15) is 11.1 Å². The molecule has 3 N–H and O–H groups in total. The predicted octanol–water partition coefficient (Wildman–Crippen LogP) is 2.53. The first kappa shape index (κ1) is 17.9. The van der Waals surface area contributed by atoms with E-state index in [4.69, 9.17) is 5.73 Å². The third kappa shape index (κ3) is 2.58. The number of thioether (sulfide) groups is 1. The van der Waals surface area contributed by atoms with Crippen LogP contribution in [-0.4, -0.2) is 27.3 Å². The van der Waals surface area contributed by atoms with Crippen LogP contribution in [0.2, 0.25) is 0 Å². The van der Waals surface area contributed by atoms with E-state index < -0.39 is 22.7 Å². The minimum atomic E-state index is -2.01. The molecular weight excluding hydrogens is 386 g/mol. The first-order valence-corrected chi connectivity index (χ1v) is 10.0. The number of carbonyl (C=O) groups excluding carboxylic acids is 2. The van der Waals surface area contributed by atoms with E-state index in [1.807, 2.05) is 48.5 Å². The first-order valence-electron chi connectivity index (χ1n) is 9.15. The molecule has 0 saturated heterocycles. The summed E-state index contributed by atoms with van der Waals surface area (Å²) in [6, 6.07) is 20.9. The van der Waals surface area contributed by atoms with E-state index in [2.05, 4.69) is 4.99 Å². The summed E-state index contributed by atoms with van der Waals surface area (Å²) in [5.74, 6) is -1.13. The van der Waals surface area contributed by atoms with Gasteiger partial charge in [-0.15, -0.1) is 0 Å². The van der Waals surface area contributed by atoms with Crippen molar-refractivity contribution in [2.45, 2.75) is 17.4 Å². The topological polar surface area (TPSA) is 96.0 Å². The summed E-state index contributed by atoms with van der Waals surface area (Å²) in [4.78, 5) is 31.1. The van der Waals surface area contributed by atoms with E-state index in [0.717, 1.165) is 28.1 Å². The summed E-state index contributed by atoms with van der Waals surface area (Å²) in [5, 5.41) is 12.6. The van der Waals surface area contributed by atoms with Gasteiger partial charge in [-0.3, -0.25) is 9.59 Å². The van der Waals surface area contributed by atoms with Crippen LogP contribution in [0, 0.1) is 0 Å². The van der Waals surface area contributed by atoms with Crippen LogP contribution in [0.15, 0.2) is 71.7 Å². The summed E-state index contributed by atoms with van der Waals surface area (Å²) in [6.45, 7) is 0.279. The molecule has 0 radical (unpaired) electrons. The molecule has 0 bridgehead atoms. The summed E-state index contributed by atoms with van der Waals surface area (Å²) in [7, 11) is 0. The molecule has 7 heteroatoms. The predicted molar refractivity (Wildman–Crippen MR) is 113 cm³/mol. The molecule has 2 atom stereocenters. The van der Waals surface area contributed by atoms with Crippen LogP contribution in [0.3, 0.4) is 0 Å². The van der Waals surface area contributed by atoms with E-state index in [9.17, 15) is 14.7 Å². The standard InChI is InChI=1S/C22H17N3O3S/c23-21-24-19(26)18(29-21)22(28)16-10-3-4-11-17(16)25(20(22)27)12-14-8-5-7-13-6-1-2-9-15(13)14/h1-11,18,28H,12H2,(H2,23,24,26). The summed E-state index contributed by atoms with van der Waals surface area (Å²) in [5.41, 5.74) is 5.63. The Hall–Kier alpha value is -3.16. The van der Waals surface area contributed by atoms with Crippen molar-refractivity contribution in [3.63, 3.8) is 0 Å². The van der Waals surface area contributed by atoms with Crippen LogP contribution in [-0.2, 0) is 21.7 Å². The number of hydrogen-bond acceptors (Lipinski definition) is 5. The average Bonchev–Trinajstić information content (AvgIpc) is 3.18. The molecular formula is C22H17N3O3S. The third-order valence-electron chi connectivity index (χ3n) is 5.45. The fraction of sp³-hybridized carbons (Fsp3) is 0.136. The molecule has 0 aliphatic carbocycles. The number of aliphatic hydroxyl groups is 1. The lowest BCUT2D eigenvalue weighted by Crippen LogP contribution is -2.49. The number of hydrogen-bond donors (Lipinski definition) is 2. The fourth-order valence-electron chi connectivity index (χ4n) is 4.10. The van der Waals surface area contributed by atoms with E-state index in [0.29, 0.717) is 11.3 Å². The molecule has 0 fully saturated rings. The van der Waals surface area contributed by atoms with Crippen molar-refractivity contribution < 1.29 is 14.7 Å². The number of nitrogens with two attached hydrogens (primary N) is 1. The van der Waals surface area contributed by atoms with Gasteiger partial charge in [0.25, 0.3) is 11.8 Å².